The van der Waals surface area contributed by atoms with Crippen molar-refractivity contribution in [2.24, 2.45) is 0 Å². The van der Waals surface area contributed by atoms with Gasteiger partial charge in [0.25, 0.3) is 0 Å². The molecule has 5 aromatic heterocycles. The quantitative estimate of drug-likeness (QED) is 0.209. The Morgan fingerprint density at radius 1 is 0.500 bits per heavy atom. The number of rotatable bonds is 2. The first-order valence-electron chi connectivity index (χ1n) is 14.1. The number of aromatic nitrogens is 4. The summed E-state index contributed by atoms with van der Waals surface area (Å²) < 4.78 is 9.62. The van der Waals surface area contributed by atoms with Gasteiger partial charge in [0.05, 0.1) is 32.3 Å². The van der Waals surface area contributed by atoms with Crippen molar-refractivity contribution >= 4 is 80.9 Å². The molecule has 196 valence electrons. The molecule has 5 aromatic carbocycles. The van der Waals surface area contributed by atoms with Crippen LogP contribution in [-0.2, 0) is 0 Å². The van der Waals surface area contributed by atoms with E-state index in [0.717, 1.165) is 22.7 Å². The summed E-state index contributed by atoms with van der Waals surface area (Å²) in [5, 5.41) is 6.28. The molecular formula is C37H22N4S. The van der Waals surface area contributed by atoms with E-state index in [-0.39, 0.29) is 0 Å². The number of thiophene rings is 1. The van der Waals surface area contributed by atoms with Gasteiger partial charge in [-0.2, -0.15) is 0 Å². The SMILES string of the molecule is c1ccc2c(c1)sc1c(-n3c4ccccc4n4c5cc(-n6c7ccccc7c7ccccc76)ccc5cc34)nccc12. The van der Waals surface area contributed by atoms with Crippen LogP contribution in [-0.4, -0.2) is 18.5 Å². The Kier molecular flexibility index (Phi) is 4.30. The molecule has 0 amide bonds. The zero-order valence-electron chi connectivity index (χ0n) is 22.4. The van der Waals surface area contributed by atoms with Crippen LogP contribution in [0.3, 0.4) is 0 Å². The predicted molar refractivity (Wildman–Crippen MR) is 177 cm³/mol. The van der Waals surface area contributed by atoms with E-state index < -0.39 is 0 Å². The van der Waals surface area contributed by atoms with Crippen LogP contribution in [0.15, 0.2) is 134 Å². The molecule has 0 N–H and O–H groups in total. The summed E-state index contributed by atoms with van der Waals surface area (Å²) in [6.07, 6.45) is 1.95. The van der Waals surface area contributed by atoms with Crippen LogP contribution in [0, 0.1) is 0 Å². The summed E-state index contributed by atoms with van der Waals surface area (Å²) in [5.41, 5.74) is 8.20. The van der Waals surface area contributed by atoms with Gasteiger partial charge in [0.2, 0.25) is 0 Å². The van der Waals surface area contributed by atoms with Gasteiger partial charge in [-0.05, 0) is 54.6 Å². The maximum atomic E-state index is 5.00. The van der Waals surface area contributed by atoms with E-state index in [2.05, 4.69) is 141 Å². The van der Waals surface area contributed by atoms with Crippen LogP contribution in [0.2, 0.25) is 0 Å². The minimum atomic E-state index is 0.977. The molecule has 0 fully saturated rings. The second kappa shape index (κ2) is 8.09. The molecule has 5 heteroatoms. The second-order valence-corrected chi connectivity index (χ2v) is 11.9. The Bertz CT molecular complexity index is 2650. The van der Waals surface area contributed by atoms with E-state index in [0.29, 0.717) is 0 Å². The minimum absolute atomic E-state index is 0.977. The maximum Gasteiger partial charge on any atom is 0.156 e. The standard InChI is InChI=1S/C37H22N4S/c1-4-12-29-25(9-1)26-10-2-5-13-30(26)39(29)24-18-17-23-21-35-40(33(23)22-24)31-14-6-7-15-32(31)41(35)37-36-28(19-20-38-37)27-11-3-8-16-34(27)42-36/h1-22H. The summed E-state index contributed by atoms with van der Waals surface area (Å²) in [4.78, 5) is 5.00. The van der Waals surface area contributed by atoms with Crippen molar-refractivity contribution in [3.05, 3.63) is 134 Å². The summed E-state index contributed by atoms with van der Waals surface area (Å²) in [5.74, 6) is 0.977. The lowest BCUT2D eigenvalue weighted by Crippen LogP contribution is -1.97. The van der Waals surface area contributed by atoms with Gasteiger partial charge >= 0.3 is 0 Å². The van der Waals surface area contributed by atoms with Crippen LogP contribution in [0.1, 0.15) is 0 Å². The highest BCUT2D eigenvalue weighted by Gasteiger charge is 2.20. The molecule has 0 aliphatic rings. The highest BCUT2D eigenvalue weighted by atomic mass is 32.1. The predicted octanol–water partition coefficient (Wildman–Crippen LogP) is 9.90. The van der Waals surface area contributed by atoms with E-state index in [1.54, 1.807) is 0 Å². The Balaban J connectivity index is 1.31. The van der Waals surface area contributed by atoms with Gasteiger partial charge in [-0.3, -0.25) is 8.97 Å². The van der Waals surface area contributed by atoms with E-state index in [9.17, 15) is 0 Å². The summed E-state index contributed by atoms with van der Waals surface area (Å²) in [7, 11) is 0. The number of benzene rings is 5. The van der Waals surface area contributed by atoms with Gasteiger partial charge in [-0.25, -0.2) is 4.98 Å². The Hall–Kier alpha value is -5.39. The monoisotopic (exact) mass is 554 g/mol. The molecule has 42 heavy (non-hydrogen) atoms. The van der Waals surface area contributed by atoms with Gasteiger partial charge in [-0.1, -0.05) is 72.8 Å². The Morgan fingerprint density at radius 3 is 1.95 bits per heavy atom. The lowest BCUT2D eigenvalue weighted by Gasteiger charge is -2.08. The highest BCUT2D eigenvalue weighted by molar-refractivity contribution is 7.26. The number of nitrogens with zero attached hydrogens (tertiary/aromatic N) is 4. The van der Waals surface area contributed by atoms with E-state index in [1.165, 1.54) is 58.4 Å². The molecule has 0 atom stereocenters. The first kappa shape index (κ1) is 22.3. The summed E-state index contributed by atoms with van der Waals surface area (Å²) in [6, 6.07) is 46.0. The molecule has 0 unspecified atom stereocenters. The molecule has 10 rings (SSSR count). The molecule has 0 saturated heterocycles. The number of pyridine rings is 1. The van der Waals surface area contributed by atoms with Crippen LogP contribution >= 0.6 is 11.3 Å². The fourth-order valence-electron chi connectivity index (χ4n) is 6.92. The van der Waals surface area contributed by atoms with Crippen LogP contribution in [0.5, 0.6) is 0 Å². The van der Waals surface area contributed by atoms with Crippen molar-refractivity contribution in [1.29, 1.82) is 0 Å². The third-order valence-corrected chi connectivity index (χ3v) is 9.87. The molecule has 0 bridgehead atoms. The van der Waals surface area contributed by atoms with Gasteiger partial charge in [0.1, 0.15) is 5.65 Å². The topological polar surface area (TPSA) is 27.2 Å². The molecule has 0 spiro atoms. The number of para-hydroxylation sites is 4. The third kappa shape index (κ3) is 2.83. The van der Waals surface area contributed by atoms with Crippen LogP contribution in [0.4, 0.5) is 0 Å². The van der Waals surface area contributed by atoms with E-state index in [4.69, 9.17) is 4.98 Å². The number of fused-ring (bicyclic) bond motifs is 11. The molecule has 4 nitrogen and oxygen atoms in total. The normalized spacial score (nSPS) is 12.3. The number of hydrogen-bond donors (Lipinski definition) is 0. The average Bonchev–Trinajstić information content (AvgIpc) is 3.78. The number of imidazole rings is 1. The zero-order chi connectivity index (χ0) is 27.4. The average molecular weight is 555 g/mol. The Labute approximate surface area is 243 Å². The Morgan fingerprint density at radius 2 is 1.17 bits per heavy atom. The van der Waals surface area contributed by atoms with Crippen molar-refractivity contribution in [3.63, 3.8) is 0 Å². The largest absolute Gasteiger partial charge is 0.309 e. The fraction of sp³-hybridized carbons (Fsp3) is 0. The lowest BCUT2D eigenvalue weighted by atomic mass is 10.2. The molecule has 0 aliphatic carbocycles. The molecule has 0 radical (unpaired) electrons. The number of hydrogen-bond acceptors (Lipinski definition) is 2. The van der Waals surface area contributed by atoms with Crippen molar-refractivity contribution in [3.8, 4) is 11.5 Å². The maximum absolute atomic E-state index is 5.00. The van der Waals surface area contributed by atoms with E-state index in [1.807, 2.05) is 17.5 Å². The molecular weight excluding hydrogens is 533 g/mol. The van der Waals surface area contributed by atoms with Crippen molar-refractivity contribution in [1.82, 2.24) is 18.5 Å². The molecule has 0 saturated carbocycles. The minimum Gasteiger partial charge on any atom is -0.309 e. The van der Waals surface area contributed by atoms with Gasteiger partial charge in [-0.15, -0.1) is 11.3 Å². The van der Waals surface area contributed by atoms with Gasteiger partial charge in [0, 0.05) is 43.5 Å². The van der Waals surface area contributed by atoms with Crippen molar-refractivity contribution < 1.29 is 0 Å². The smallest absolute Gasteiger partial charge is 0.156 e. The first-order valence-corrected chi connectivity index (χ1v) is 15.0. The van der Waals surface area contributed by atoms with Crippen LogP contribution in [0.25, 0.3) is 81.1 Å². The van der Waals surface area contributed by atoms with Gasteiger partial charge in [0.15, 0.2) is 5.82 Å². The summed E-state index contributed by atoms with van der Waals surface area (Å²) >= 11 is 1.82. The second-order valence-electron chi connectivity index (χ2n) is 10.9. The highest BCUT2D eigenvalue weighted by Crippen LogP contribution is 2.40. The van der Waals surface area contributed by atoms with Gasteiger partial charge < -0.3 is 4.57 Å². The molecule has 5 heterocycles. The molecule has 0 aliphatic heterocycles. The molecule has 10 aromatic rings. The first-order chi connectivity index (χ1) is 20.8. The fourth-order valence-corrected chi connectivity index (χ4v) is 8.10. The van der Waals surface area contributed by atoms with Crippen molar-refractivity contribution in [2.45, 2.75) is 0 Å². The summed E-state index contributed by atoms with van der Waals surface area (Å²) in [6.45, 7) is 0. The zero-order valence-corrected chi connectivity index (χ0v) is 23.2. The van der Waals surface area contributed by atoms with Crippen LogP contribution < -0.4 is 0 Å². The van der Waals surface area contributed by atoms with Crippen molar-refractivity contribution in [2.75, 3.05) is 0 Å². The lowest BCUT2D eigenvalue weighted by molar-refractivity contribution is 1.09. The van der Waals surface area contributed by atoms with E-state index >= 15 is 0 Å². The third-order valence-electron chi connectivity index (χ3n) is 8.69.